The van der Waals surface area contributed by atoms with E-state index in [9.17, 15) is 9.59 Å². The van der Waals surface area contributed by atoms with E-state index >= 15 is 0 Å². The fourth-order valence-electron chi connectivity index (χ4n) is 2.35. The minimum Gasteiger partial charge on any atom is -0.484 e. The lowest BCUT2D eigenvalue weighted by Gasteiger charge is -2.09. The highest BCUT2D eigenvalue weighted by molar-refractivity contribution is 5.95. The average Bonchev–Trinajstić information content (AvgIpc) is 3.18. The highest BCUT2D eigenvalue weighted by atomic mass is 16.5. The van der Waals surface area contributed by atoms with Crippen LogP contribution in [0.2, 0.25) is 0 Å². The summed E-state index contributed by atoms with van der Waals surface area (Å²) in [7, 11) is 0. The topological polar surface area (TPSA) is 85.2 Å². The molecule has 3 rings (SSSR count). The number of para-hydroxylation sites is 1. The predicted molar refractivity (Wildman–Crippen MR) is 101 cm³/mol. The molecule has 27 heavy (non-hydrogen) atoms. The molecule has 0 unspecified atom stereocenters. The van der Waals surface area contributed by atoms with Crippen molar-refractivity contribution in [3.8, 4) is 11.4 Å². The first-order chi connectivity index (χ1) is 13.0. The maximum Gasteiger partial charge on any atom is 0.276 e. The van der Waals surface area contributed by atoms with E-state index in [1.807, 2.05) is 56.3 Å². The molecule has 0 fully saturated rings. The monoisotopic (exact) mass is 364 g/mol. The second-order valence-corrected chi connectivity index (χ2v) is 6.05. The van der Waals surface area contributed by atoms with Crippen LogP contribution in [0.25, 0.3) is 5.69 Å². The third kappa shape index (κ3) is 4.72. The number of aromatic nitrogens is 2. The van der Waals surface area contributed by atoms with Crippen LogP contribution >= 0.6 is 0 Å². The van der Waals surface area contributed by atoms with E-state index in [4.69, 9.17) is 4.74 Å². The molecule has 2 amide bonds. The molecule has 3 aromatic rings. The SMILES string of the molecule is Cc1ccc(OCC(=O)NNC(=O)c2cnn(-c3ccccc3)c2)cc1C. The highest BCUT2D eigenvalue weighted by Gasteiger charge is 2.11. The molecule has 138 valence electrons. The van der Waals surface area contributed by atoms with E-state index in [0.717, 1.165) is 16.8 Å². The fourth-order valence-corrected chi connectivity index (χ4v) is 2.35. The number of rotatable bonds is 5. The molecule has 2 N–H and O–H groups in total. The van der Waals surface area contributed by atoms with Crippen LogP contribution in [0.5, 0.6) is 5.75 Å². The Labute approximate surface area is 156 Å². The van der Waals surface area contributed by atoms with Crippen LogP contribution in [-0.4, -0.2) is 28.2 Å². The third-order valence-electron chi connectivity index (χ3n) is 4.03. The van der Waals surface area contributed by atoms with Gasteiger partial charge in [0.2, 0.25) is 0 Å². The second-order valence-electron chi connectivity index (χ2n) is 6.05. The lowest BCUT2D eigenvalue weighted by Crippen LogP contribution is -2.43. The average molecular weight is 364 g/mol. The maximum atomic E-state index is 12.1. The zero-order valence-electron chi connectivity index (χ0n) is 15.1. The van der Waals surface area contributed by atoms with Gasteiger partial charge in [0.25, 0.3) is 11.8 Å². The molecule has 0 saturated carbocycles. The molecule has 0 bridgehead atoms. The molecule has 1 heterocycles. The molecule has 0 aliphatic rings. The van der Waals surface area contributed by atoms with Crippen LogP contribution in [0, 0.1) is 13.8 Å². The lowest BCUT2D eigenvalue weighted by molar-refractivity contribution is -0.123. The van der Waals surface area contributed by atoms with Crippen LogP contribution in [-0.2, 0) is 4.79 Å². The van der Waals surface area contributed by atoms with Gasteiger partial charge in [0, 0.05) is 6.20 Å². The van der Waals surface area contributed by atoms with Crippen molar-refractivity contribution < 1.29 is 14.3 Å². The molecule has 0 aliphatic carbocycles. The number of amides is 2. The van der Waals surface area contributed by atoms with Crippen LogP contribution in [0.1, 0.15) is 21.5 Å². The van der Waals surface area contributed by atoms with Gasteiger partial charge >= 0.3 is 0 Å². The Kier molecular flexibility index (Phi) is 5.51. The zero-order chi connectivity index (χ0) is 19.2. The molecule has 0 atom stereocenters. The summed E-state index contributed by atoms with van der Waals surface area (Å²) in [6.07, 6.45) is 3.02. The van der Waals surface area contributed by atoms with Crippen molar-refractivity contribution >= 4 is 11.8 Å². The molecular weight excluding hydrogens is 344 g/mol. The third-order valence-corrected chi connectivity index (χ3v) is 4.03. The van der Waals surface area contributed by atoms with Crippen LogP contribution < -0.4 is 15.6 Å². The van der Waals surface area contributed by atoms with Gasteiger partial charge in [0.1, 0.15) is 5.75 Å². The van der Waals surface area contributed by atoms with Gasteiger partial charge in [-0.1, -0.05) is 24.3 Å². The van der Waals surface area contributed by atoms with Crippen molar-refractivity contribution in [2.24, 2.45) is 0 Å². The van der Waals surface area contributed by atoms with Gasteiger partial charge in [-0.15, -0.1) is 0 Å². The Morgan fingerprint density at radius 1 is 1.04 bits per heavy atom. The summed E-state index contributed by atoms with van der Waals surface area (Å²) < 4.78 is 7.01. The Morgan fingerprint density at radius 3 is 2.56 bits per heavy atom. The molecule has 1 aromatic heterocycles. The van der Waals surface area contributed by atoms with Crippen LogP contribution in [0.15, 0.2) is 60.9 Å². The van der Waals surface area contributed by atoms with E-state index in [1.165, 1.54) is 6.20 Å². The van der Waals surface area contributed by atoms with Crippen molar-refractivity contribution in [2.45, 2.75) is 13.8 Å². The minimum atomic E-state index is -0.461. The summed E-state index contributed by atoms with van der Waals surface area (Å²) in [5, 5.41) is 4.14. The predicted octanol–water partition coefficient (Wildman–Crippen LogP) is 2.33. The van der Waals surface area contributed by atoms with Crippen molar-refractivity contribution in [1.29, 1.82) is 0 Å². The molecule has 0 radical (unpaired) electrons. The summed E-state index contributed by atoms with van der Waals surface area (Å²) in [5.41, 5.74) is 8.07. The molecule has 7 heteroatoms. The Morgan fingerprint density at radius 2 is 1.81 bits per heavy atom. The highest BCUT2D eigenvalue weighted by Crippen LogP contribution is 2.16. The first-order valence-electron chi connectivity index (χ1n) is 8.42. The number of aryl methyl sites for hydroxylation is 2. The Bertz CT molecular complexity index is 951. The minimum absolute atomic E-state index is 0.202. The second kappa shape index (κ2) is 8.18. The van der Waals surface area contributed by atoms with Crippen LogP contribution in [0.4, 0.5) is 0 Å². The summed E-state index contributed by atoms with van der Waals surface area (Å²) in [6.45, 7) is 3.77. The van der Waals surface area contributed by atoms with Gasteiger partial charge in [-0.3, -0.25) is 20.4 Å². The first-order valence-corrected chi connectivity index (χ1v) is 8.42. The molecule has 2 aromatic carbocycles. The smallest absolute Gasteiger partial charge is 0.276 e. The van der Waals surface area contributed by atoms with E-state index in [0.29, 0.717) is 11.3 Å². The van der Waals surface area contributed by atoms with E-state index in [1.54, 1.807) is 16.9 Å². The normalized spacial score (nSPS) is 10.3. The number of nitrogens with zero attached hydrogens (tertiary/aromatic N) is 2. The van der Waals surface area contributed by atoms with Crippen molar-refractivity contribution in [3.63, 3.8) is 0 Å². The van der Waals surface area contributed by atoms with Gasteiger partial charge < -0.3 is 4.74 Å². The number of ether oxygens (including phenoxy) is 1. The first kappa shape index (κ1) is 18.2. The van der Waals surface area contributed by atoms with Gasteiger partial charge in [0.05, 0.1) is 17.4 Å². The summed E-state index contributed by atoms with van der Waals surface area (Å²) in [5.74, 6) is -0.322. The Hall–Kier alpha value is -3.61. The summed E-state index contributed by atoms with van der Waals surface area (Å²) in [6, 6.07) is 15.0. The molecule has 0 aliphatic heterocycles. The standard InChI is InChI=1S/C20H20N4O3/c1-14-8-9-18(10-15(14)2)27-13-19(25)22-23-20(26)16-11-21-24(12-16)17-6-4-3-5-7-17/h3-12H,13H2,1-2H3,(H,22,25)(H,23,26). The fraction of sp³-hybridized carbons (Fsp3) is 0.150. The van der Waals surface area contributed by atoms with E-state index in [2.05, 4.69) is 16.0 Å². The van der Waals surface area contributed by atoms with Crippen molar-refractivity contribution in [2.75, 3.05) is 6.61 Å². The van der Waals surface area contributed by atoms with Crippen LogP contribution in [0.3, 0.4) is 0 Å². The number of nitrogens with one attached hydrogen (secondary N) is 2. The van der Waals surface area contributed by atoms with E-state index < -0.39 is 11.8 Å². The quantitative estimate of drug-likeness (QED) is 0.681. The number of hydrazine groups is 1. The number of hydrogen-bond donors (Lipinski definition) is 2. The number of carbonyl (C=O) groups is 2. The van der Waals surface area contributed by atoms with Crippen molar-refractivity contribution in [1.82, 2.24) is 20.6 Å². The molecule has 7 nitrogen and oxygen atoms in total. The summed E-state index contributed by atoms with van der Waals surface area (Å²) in [4.78, 5) is 24.0. The number of benzene rings is 2. The largest absolute Gasteiger partial charge is 0.484 e. The van der Waals surface area contributed by atoms with Gasteiger partial charge in [0.15, 0.2) is 6.61 Å². The number of carbonyl (C=O) groups excluding carboxylic acids is 2. The number of hydrogen-bond acceptors (Lipinski definition) is 4. The van der Waals surface area contributed by atoms with Crippen molar-refractivity contribution in [3.05, 3.63) is 77.6 Å². The molecular formula is C20H20N4O3. The maximum absolute atomic E-state index is 12.1. The molecule has 0 spiro atoms. The molecule has 0 saturated heterocycles. The van der Waals surface area contributed by atoms with Gasteiger partial charge in [-0.25, -0.2) is 4.68 Å². The van der Waals surface area contributed by atoms with Gasteiger partial charge in [-0.2, -0.15) is 5.10 Å². The lowest BCUT2D eigenvalue weighted by atomic mass is 10.1. The summed E-state index contributed by atoms with van der Waals surface area (Å²) >= 11 is 0. The van der Waals surface area contributed by atoms with E-state index in [-0.39, 0.29) is 6.61 Å². The zero-order valence-corrected chi connectivity index (χ0v) is 15.1. The van der Waals surface area contributed by atoms with Gasteiger partial charge in [-0.05, 0) is 49.2 Å². The Balaban J connectivity index is 1.49.